The summed E-state index contributed by atoms with van der Waals surface area (Å²) in [6, 6.07) is 8.71. The smallest absolute Gasteiger partial charge is 0.195 e. The van der Waals surface area contributed by atoms with Crippen LogP contribution in [0.3, 0.4) is 0 Å². The molecule has 1 aliphatic heterocycles. The van der Waals surface area contributed by atoms with Crippen molar-refractivity contribution in [2.75, 3.05) is 0 Å². The molecule has 0 bridgehead atoms. The minimum absolute atomic E-state index is 0.100. The summed E-state index contributed by atoms with van der Waals surface area (Å²) in [6.45, 7) is 9.52. The molecule has 1 fully saturated rings. The van der Waals surface area contributed by atoms with E-state index in [0.29, 0.717) is 5.92 Å². The normalized spacial score (nSPS) is 27.0. The second-order valence-corrected chi connectivity index (χ2v) is 7.08. The molecule has 2 heterocycles. The molecule has 0 radical (unpaired) electrons. The van der Waals surface area contributed by atoms with E-state index in [1.807, 2.05) is 18.7 Å². The van der Waals surface area contributed by atoms with Crippen molar-refractivity contribution in [2.45, 2.75) is 71.0 Å². The lowest BCUT2D eigenvalue weighted by molar-refractivity contribution is -0.188. The van der Waals surface area contributed by atoms with Gasteiger partial charge in [0.1, 0.15) is 0 Å². The number of nitrogens with zero attached hydrogens (tertiary/aromatic N) is 2. The van der Waals surface area contributed by atoms with Crippen molar-refractivity contribution < 1.29 is 9.47 Å². The lowest BCUT2D eigenvalue weighted by Crippen LogP contribution is -2.28. The van der Waals surface area contributed by atoms with Crippen LogP contribution < -0.4 is 0 Å². The van der Waals surface area contributed by atoms with Gasteiger partial charge in [-0.05, 0) is 31.7 Å². The predicted octanol–water partition coefficient (Wildman–Crippen LogP) is 4.46. The van der Waals surface area contributed by atoms with Crippen molar-refractivity contribution in [1.82, 2.24) is 9.55 Å². The summed E-state index contributed by atoms with van der Waals surface area (Å²) >= 11 is 0. The predicted molar refractivity (Wildman–Crippen MR) is 94.8 cm³/mol. The van der Waals surface area contributed by atoms with Gasteiger partial charge in [0.25, 0.3) is 0 Å². The Bertz CT molecular complexity index is 624. The van der Waals surface area contributed by atoms with E-state index in [-0.39, 0.29) is 12.2 Å². The van der Waals surface area contributed by atoms with E-state index in [2.05, 4.69) is 61.5 Å². The van der Waals surface area contributed by atoms with Crippen LogP contribution >= 0.6 is 0 Å². The third-order valence-corrected chi connectivity index (χ3v) is 4.91. The molecular formula is C20H28N2O2. The molecule has 2 unspecified atom stereocenters. The van der Waals surface area contributed by atoms with Crippen molar-refractivity contribution >= 4 is 0 Å². The summed E-state index contributed by atoms with van der Waals surface area (Å²) in [6.07, 6.45) is 7.67. The van der Waals surface area contributed by atoms with Crippen LogP contribution in [0.4, 0.5) is 0 Å². The fraction of sp³-hybridized carbons (Fsp3) is 0.550. The molecule has 1 aromatic carbocycles. The third-order valence-electron chi connectivity index (χ3n) is 4.91. The van der Waals surface area contributed by atoms with Crippen LogP contribution in [0.1, 0.15) is 57.6 Å². The Morgan fingerprint density at radius 2 is 1.79 bits per heavy atom. The lowest BCUT2D eigenvalue weighted by atomic mass is 9.96. The average Bonchev–Trinajstić information content (AvgIpc) is 3.17. The zero-order valence-corrected chi connectivity index (χ0v) is 15.1. The highest BCUT2D eigenvalue weighted by Gasteiger charge is 2.45. The Balaban J connectivity index is 1.77. The first-order valence-corrected chi connectivity index (χ1v) is 8.92. The Morgan fingerprint density at radius 3 is 2.33 bits per heavy atom. The van der Waals surface area contributed by atoms with E-state index < -0.39 is 5.79 Å². The molecule has 1 aliphatic rings. The molecule has 2 aromatic rings. The number of imidazole rings is 1. The molecule has 0 saturated carbocycles. The molecule has 2 atom stereocenters. The molecule has 4 nitrogen and oxygen atoms in total. The van der Waals surface area contributed by atoms with E-state index in [1.54, 1.807) is 0 Å². The van der Waals surface area contributed by atoms with Crippen LogP contribution in [-0.2, 0) is 21.8 Å². The molecule has 3 rings (SSSR count). The largest absolute Gasteiger partial charge is 0.340 e. The van der Waals surface area contributed by atoms with Gasteiger partial charge in [0.15, 0.2) is 5.79 Å². The number of rotatable bonds is 6. The topological polar surface area (TPSA) is 36.3 Å². The summed E-state index contributed by atoms with van der Waals surface area (Å²) in [5.74, 6) is -0.103. The van der Waals surface area contributed by atoms with Gasteiger partial charge >= 0.3 is 0 Å². The SMILES string of the molecule is CC(C)c1ccc(C2(CCCn3ccnc3)OC(C)C(C)O2)cc1. The minimum atomic E-state index is -0.630. The summed E-state index contributed by atoms with van der Waals surface area (Å²) in [5.41, 5.74) is 2.46. The molecule has 4 heteroatoms. The molecule has 1 aromatic heterocycles. The first-order chi connectivity index (χ1) is 11.5. The molecule has 0 spiro atoms. The Kier molecular flexibility index (Phi) is 5.07. The first kappa shape index (κ1) is 17.2. The molecule has 0 N–H and O–H groups in total. The van der Waals surface area contributed by atoms with Gasteiger partial charge in [-0.2, -0.15) is 0 Å². The Labute approximate surface area is 144 Å². The van der Waals surface area contributed by atoms with Crippen LogP contribution in [0.5, 0.6) is 0 Å². The van der Waals surface area contributed by atoms with Gasteiger partial charge in [-0.25, -0.2) is 4.98 Å². The Morgan fingerprint density at radius 1 is 1.12 bits per heavy atom. The Hall–Kier alpha value is -1.65. The molecule has 130 valence electrons. The van der Waals surface area contributed by atoms with Gasteiger partial charge in [0, 0.05) is 30.9 Å². The van der Waals surface area contributed by atoms with Crippen LogP contribution in [0, 0.1) is 0 Å². The first-order valence-electron chi connectivity index (χ1n) is 8.92. The highest BCUT2D eigenvalue weighted by Crippen LogP contribution is 2.41. The minimum Gasteiger partial charge on any atom is -0.340 e. The monoisotopic (exact) mass is 328 g/mol. The van der Waals surface area contributed by atoms with Crippen LogP contribution in [0.2, 0.25) is 0 Å². The highest BCUT2D eigenvalue weighted by molar-refractivity contribution is 5.28. The summed E-state index contributed by atoms with van der Waals surface area (Å²) in [7, 11) is 0. The maximum absolute atomic E-state index is 6.32. The van der Waals surface area contributed by atoms with Crippen LogP contribution in [0.15, 0.2) is 43.0 Å². The zero-order valence-electron chi connectivity index (χ0n) is 15.1. The van der Waals surface area contributed by atoms with E-state index in [9.17, 15) is 0 Å². The fourth-order valence-corrected chi connectivity index (χ4v) is 3.25. The van der Waals surface area contributed by atoms with E-state index in [0.717, 1.165) is 24.9 Å². The van der Waals surface area contributed by atoms with Gasteiger partial charge in [-0.3, -0.25) is 0 Å². The summed E-state index contributed by atoms with van der Waals surface area (Å²) in [5, 5.41) is 0. The molecule has 0 aliphatic carbocycles. The van der Waals surface area contributed by atoms with Crippen molar-refractivity contribution in [3.63, 3.8) is 0 Å². The number of aryl methyl sites for hydroxylation is 1. The zero-order chi connectivity index (χ0) is 17.2. The second-order valence-electron chi connectivity index (χ2n) is 7.08. The molecule has 24 heavy (non-hydrogen) atoms. The van der Waals surface area contributed by atoms with Crippen LogP contribution in [0.25, 0.3) is 0 Å². The second kappa shape index (κ2) is 7.08. The van der Waals surface area contributed by atoms with Gasteiger partial charge in [0.2, 0.25) is 0 Å². The summed E-state index contributed by atoms with van der Waals surface area (Å²) in [4.78, 5) is 4.10. The average molecular weight is 328 g/mol. The third kappa shape index (κ3) is 3.55. The number of hydrogen-bond acceptors (Lipinski definition) is 3. The molecule has 1 saturated heterocycles. The van der Waals surface area contributed by atoms with Crippen LogP contribution in [-0.4, -0.2) is 21.8 Å². The van der Waals surface area contributed by atoms with Crippen molar-refractivity contribution in [2.24, 2.45) is 0 Å². The van der Waals surface area contributed by atoms with Gasteiger partial charge in [-0.15, -0.1) is 0 Å². The maximum Gasteiger partial charge on any atom is 0.195 e. The highest BCUT2D eigenvalue weighted by atomic mass is 16.8. The van der Waals surface area contributed by atoms with E-state index >= 15 is 0 Å². The van der Waals surface area contributed by atoms with E-state index in [4.69, 9.17) is 9.47 Å². The van der Waals surface area contributed by atoms with Gasteiger partial charge in [0.05, 0.1) is 18.5 Å². The van der Waals surface area contributed by atoms with Crippen molar-refractivity contribution in [3.8, 4) is 0 Å². The van der Waals surface area contributed by atoms with Gasteiger partial charge in [-0.1, -0.05) is 38.1 Å². The summed E-state index contributed by atoms with van der Waals surface area (Å²) < 4.78 is 14.7. The van der Waals surface area contributed by atoms with E-state index in [1.165, 1.54) is 5.56 Å². The quantitative estimate of drug-likeness (QED) is 0.785. The van der Waals surface area contributed by atoms with Crippen molar-refractivity contribution in [3.05, 3.63) is 54.1 Å². The number of benzene rings is 1. The molecule has 0 amide bonds. The number of hydrogen-bond donors (Lipinski definition) is 0. The molecular weight excluding hydrogens is 300 g/mol. The fourth-order valence-electron chi connectivity index (χ4n) is 3.25. The lowest BCUT2D eigenvalue weighted by Gasteiger charge is -2.29. The van der Waals surface area contributed by atoms with Gasteiger partial charge < -0.3 is 14.0 Å². The maximum atomic E-state index is 6.32. The standard InChI is InChI=1S/C20H28N2O2/c1-15(2)18-6-8-19(9-7-18)20(23-16(3)17(4)24-20)10-5-12-22-13-11-21-14-22/h6-9,11,13-17H,5,10,12H2,1-4H3. The van der Waals surface area contributed by atoms with Crippen molar-refractivity contribution in [1.29, 1.82) is 0 Å². The number of ether oxygens (including phenoxy) is 2. The number of aromatic nitrogens is 2.